The van der Waals surface area contributed by atoms with Gasteiger partial charge in [0.2, 0.25) is 0 Å². The molecule has 2 aromatic heterocycles. The molecule has 4 rings (SSSR count). The molecule has 0 amide bonds. The molecule has 4 nitrogen and oxygen atoms in total. The molecular weight excluding hydrogens is 258 g/mol. The minimum absolute atomic E-state index is 0.344. The topological polar surface area (TPSA) is 47.0 Å². The highest BCUT2D eigenvalue weighted by Gasteiger charge is 2.22. The van der Waals surface area contributed by atoms with Crippen LogP contribution in [0, 0.1) is 0 Å². The summed E-state index contributed by atoms with van der Waals surface area (Å²) in [7, 11) is 0. The van der Waals surface area contributed by atoms with Crippen molar-refractivity contribution in [2.75, 3.05) is 18.5 Å². The van der Waals surface area contributed by atoms with Crippen molar-refractivity contribution in [1.29, 1.82) is 0 Å². The summed E-state index contributed by atoms with van der Waals surface area (Å²) in [6.07, 6.45) is 8.02. The molecule has 0 unspecified atom stereocenters. The number of aryl methyl sites for hydroxylation is 2. The Labute approximate surface area is 116 Å². The van der Waals surface area contributed by atoms with Gasteiger partial charge in [-0.1, -0.05) is 0 Å². The first-order valence-electron chi connectivity index (χ1n) is 7.02. The number of nitrogens with one attached hydrogen (secondary N) is 1. The van der Waals surface area contributed by atoms with Crippen LogP contribution in [0.5, 0.6) is 0 Å². The van der Waals surface area contributed by atoms with Gasteiger partial charge in [-0.25, -0.2) is 9.97 Å². The number of nitrogens with zero attached hydrogens (tertiary/aromatic N) is 2. The van der Waals surface area contributed by atoms with Gasteiger partial charge in [-0.15, -0.1) is 11.3 Å². The number of thiophene rings is 1. The minimum atomic E-state index is 0.344. The molecule has 0 aromatic carbocycles. The molecule has 0 bridgehead atoms. The fraction of sp³-hybridized carbons (Fsp3) is 0.571. The largest absolute Gasteiger partial charge is 0.376 e. The van der Waals surface area contributed by atoms with Gasteiger partial charge in [-0.05, 0) is 37.7 Å². The van der Waals surface area contributed by atoms with E-state index in [1.807, 2.05) is 11.3 Å². The van der Waals surface area contributed by atoms with Gasteiger partial charge in [0.25, 0.3) is 0 Å². The molecule has 1 atom stereocenters. The molecule has 3 heterocycles. The highest BCUT2D eigenvalue weighted by molar-refractivity contribution is 7.19. The van der Waals surface area contributed by atoms with Gasteiger partial charge in [0, 0.05) is 18.0 Å². The lowest BCUT2D eigenvalue weighted by molar-refractivity contribution is 0.120. The Kier molecular flexibility index (Phi) is 2.89. The molecule has 1 aliphatic carbocycles. The van der Waals surface area contributed by atoms with E-state index in [1.54, 1.807) is 6.33 Å². The molecule has 2 aliphatic rings. The van der Waals surface area contributed by atoms with Crippen molar-refractivity contribution in [3.05, 3.63) is 16.8 Å². The second kappa shape index (κ2) is 4.72. The SMILES string of the molecule is c1nc(NC[C@H]2CCCO2)c2c3c(sc2n1)CCC3. The normalized spacial score (nSPS) is 22.0. The summed E-state index contributed by atoms with van der Waals surface area (Å²) in [4.78, 5) is 11.5. The van der Waals surface area contributed by atoms with Crippen LogP contribution >= 0.6 is 11.3 Å². The van der Waals surface area contributed by atoms with Crippen molar-refractivity contribution in [3.8, 4) is 0 Å². The molecule has 5 heteroatoms. The van der Waals surface area contributed by atoms with Crippen molar-refractivity contribution in [3.63, 3.8) is 0 Å². The first-order valence-corrected chi connectivity index (χ1v) is 7.84. The third kappa shape index (κ3) is 2.01. The van der Waals surface area contributed by atoms with Crippen LogP contribution in [0.15, 0.2) is 6.33 Å². The van der Waals surface area contributed by atoms with Gasteiger partial charge in [0.15, 0.2) is 0 Å². The maximum atomic E-state index is 5.66. The van der Waals surface area contributed by atoms with E-state index < -0.39 is 0 Å². The number of rotatable bonds is 3. The Morgan fingerprint density at radius 2 is 2.32 bits per heavy atom. The van der Waals surface area contributed by atoms with E-state index >= 15 is 0 Å². The molecule has 0 spiro atoms. The van der Waals surface area contributed by atoms with Gasteiger partial charge >= 0.3 is 0 Å². The molecule has 0 radical (unpaired) electrons. The van der Waals surface area contributed by atoms with Crippen molar-refractivity contribution in [2.24, 2.45) is 0 Å². The number of aromatic nitrogens is 2. The van der Waals surface area contributed by atoms with Gasteiger partial charge in [0.1, 0.15) is 17.0 Å². The first kappa shape index (κ1) is 11.6. The maximum absolute atomic E-state index is 5.66. The predicted molar refractivity (Wildman–Crippen MR) is 76.9 cm³/mol. The van der Waals surface area contributed by atoms with Crippen LogP contribution in [-0.4, -0.2) is 29.2 Å². The lowest BCUT2D eigenvalue weighted by Crippen LogP contribution is -2.19. The lowest BCUT2D eigenvalue weighted by Gasteiger charge is -2.12. The zero-order valence-corrected chi connectivity index (χ0v) is 11.6. The predicted octanol–water partition coefficient (Wildman–Crippen LogP) is 2.77. The third-order valence-corrected chi connectivity index (χ3v) is 5.22. The van der Waals surface area contributed by atoms with E-state index in [-0.39, 0.29) is 0 Å². The fourth-order valence-electron chi connectivity index (χ4n) is 3.08. The Morgan fingerprint density at radius 1 is 1.32 bits per heavy atom. The Bertz CT molecular complexity index is 604. The lowest BCUT2D eigenvalue weighted by atomic mass is 10.2. The van der Waals surface area contributed by atoms with Crippen LogP contribution in [0.25, 0.3) is 10.2 Å². The van der Waals surface area contributed by atoms with Crippen molar-refractivity contribution >= 4 is 27.4 Å². The van der Waals surface area contributed by atoms with E-state index in [4.69, 9.17) is 4.74 Å². The minimum Gasteiger partial charge on any atom is -0.376 e. The molecule has 19 heavy (non-hydrogen) atoms. The summed E-state index contributed by atoms with van der Waals surface area (Å²) in [5, 5.41) is 4.74. The molecule has 0 saturated carbocycles. The standard InChI is InChI=1S/C14H17N3OS/c1-4-10-11(5-1)19-14-12(10)13(16-8-17-14)15-7-9-3-2-6-18-9/h8-9H,1-7H2,(H,15,16,17)/t9-/m1/s1. The van der Waals surface area contributed by atoms with E-state index in [9.17, 15) is 0 Å². The van der Waals surface area contributed by atoms with Gasteiger partial charge in [-0.2, -0.15) is 0 Å². The summed E-state index contributed by atoms with van der Waals surface area (Å²) in [6, 6.07) is 0. The Balaban J connectivity index is 1.65. The summed E-state index contributed by atoms with van der Waals surface area (Å²) in [6.45, 7) is 1.76. The summed E-state index contributed by atoms with van der Waals surface area (Å²) < 4.78 is 5.66. The van der Waals surface area contributed by atoms with E-state index in [2.05, 4.69) is 15.3 Å². The van der Waals surface area contributed by atoms with Crippen LogP contribution in [0.2, 0.25) is 0 Å². The number of hydrogen-bond acceptors (Lipinski definition) is 5. The number of anilines is 1. The van der Waals surface area contributed by atoms with E-state index in [0.717, 1.165) is 30.2 Å². The molecular formula is C14H17N3OS. The van der Waals surface area contributed by atoms with Crippen LogP contribution in [0.1, 0.15) is 29.7 Å². The second-order valence-electron chi connectivity index (χ2n) is 5.28. The zero-order valence-electron chi connectivity index (χ0n) is 10.8. The van der Waals surface area contributed by atoms with Crippen molar-refractivity contribution < 1.29 is 4.74 Å². The molecule has 1 N–H and O–H groups in total. The molecule has 2 aromatic rings. The van der Waals surface area contributed by atoms with Gasteiger partial charge in [-0.3, -0.25) is 0 Å². The van der Waals surface area contributed by atoms with E-state index in [0.29, 0.717) is 6.10 Å². The summed E-state index contributed by atoms with van der Waals surface area (Å²) in [5.74, 6) is 1.000. The van der Waals surface area contributed by atoms with Crippen molar-refractivity contribution in [2.45, 2.75) is 38.2 Å². The zero-order chi connectivity index (χ0) is 12.7. The summed E-state index contributed by atoms with van der Waals surface area (Å²) in [5.41, 5.74) is 1.48. The molecule has 1 saturated heterocycles. The van der Waals surface area contributed by atoms with Crippen molar-refractivity contribution in [1.82, 2.24) is 9.97 Å². The van der Waals surface area contributed by atoms with E-state index in [1.165, 1.54) is 41.5 Å². The summed E-state index contributed by atoms with van der Waals surface area (Å²) >= 11 is 1.84. The second-order valence-corrected chi connectivity index (χ2v) is 6.36. The van der Waals surface area contributed by atoms with Gasteiger partial charge in [0.05, 0.1) is 11.5 Å². The van der Waals surface area contributed by atoms with Crippen LogP contribution < -0.4 is 5.32 Å². The third-order valence-electron chi connectivity index (χ3n) is 4.02. The monoisotopic (exact) mass is 275 g/mol. The van der Waals surface area contributed by atoms with Crippen LogP contribution in [0.3, 0.4) is 0 Å². The molecule has 1 aliphatic heterocycles. The fourth-order valence-corrected chi connectivity index (χ4v) is 4.31. The number of fused-ring (bicyclic) bond motifs is 3. The average molecular weight is 275 g/mol. The number of ether oxygens (including phenoxy) is 1. The molecule has 100 valence electrons. The van der Waals surface area contributed by atoms with Crippen LogP contribution in [-0.2, 0) is 17.6 Å². The quantitative estimate of drug-likeness (QED) is 0.935. The maximum Gasteiger partial charge on any atom is 0.138 e. The highest BCUT2D eigenvalue weighted by Crippen LogP contribution is 2.39. The van der Waals surface area contributed by atoms with Gasteiger partial charge < -0.3 is 10.1 Å². The number of hydrogen-bond donors (Lipinski definition) is 1. The molecule has 1 fully saturated rings. The first-order chi connectivity index (χ1) is 9.42. The Morgan fingerprint density at radius 3 is 3.21 bits per heavy atom. The highest BCUT2D eigenvalue weighted by atomic mass is 32.1. The average Bonchev–Trinajstić information content (AvgIpc) is 3.12. The Hall–Kier alpha value is -1.20. The smallest absolute Gasteiger partial charge is 0.138 e. The van der Waals surface area contributed by atoms with Crippen LogP contribution in [0.4, 0.5) is 5.82 Å².